The van der Waals surface area contributed by atoms with Gasteiger partial charge in [-0.3, -0.25) is 14.9 Å². The minimum atomic E-state index is 0.425. The number of hydrogen-bond donors (Lipinski definition) is 0. The van der Waals surface area contributed by atoms with E-state index >= 15 is 0 Å². The number of hydrogen-bond acceptors (Lipinski definition) is 5. The Morgan fingerprint density at radius 2 is 1.68 bits per heavy atom. The fourth-order valence-corrected chi connectivity index (χ4v) is 4.28. The molecule has 0 radical (unpaired) electrons. The van der Waals surface area contributed by atoms with Crippen molar-refractivity contribution in [3.05, 3.63) is 53.9 Å². The summed E-state index contributed by atoms with van der Waals surface area (Å²) in [6.07, 6.45) is 4.67. The number of piperazine rings is 1. The van der Waals surface area contributed by atoms with Crippen LogP contribution in [0.4, 0.5) is 5.82 Å². The van der Waals surface area contributed by atoms with Crippen LogP contribution in [-0.4, -0.2) is 59.3 Å². The highest BCUT2D eigenvalue weighted by Gasteiger charge is 2.24. The summed E-state index contributed by atoms with van der Waals surface area (Å²) >= 11 is 0. The topological polar surface area (TPSA) is 44.6 Å². The van der Waals surface area contributed by atoms with Crippen molar-refractivity contribution >= 4 is 11.5 Å². The van der Waals surface area contributed by atoms with Crippen LogP contribution in [0.25, 0.3) is 11.3 Å². The average Bonchev–Trinajstić information content (AvgIpc) is 2.72. The van der Waals surface area contributed by atoms with Crippen molar-refractivity contribution in [1.82, 2.24) is 14.9 Å². The Bertz CT molecular complexity index is 879. The lowest BCUT2D eigenvalue weighted by molar-refractivity contribution is 0.279. The number of anilines is 1. The summed E-state index contributed by atoms with van der Waals surface area (Å²) < 4.78 is 0. The highest BCUT2D eigenvalue weighted by molar-refractivity contribution is 6.00. The second-order valence-corrected chi connectivity index (χ2v) is 7.88. The van der Waals surface area contributed by atoms with Crippen molar-refractivity contribution < 1.29 is 0 Å². The normalized spacial score (nSPS) is 21.0. The quantitative estimate of drug-likeness (QED) is 0.815. The van der Waals surface area contributed by atoms with Gasteiger partial charge in [-0.1, -0.05) is 35.9 Å². The van der Waals surface area contributed by atoms with Crippen molar-refractivity contribution in [2.45, 2.75) is 33.2 Å². The Morgan fingerprint density at radius 3 is 2.39 bits per heavy atom. The molecule has 4 rings (SSSR count). The van der Waals surface area contributed by atoms with Gasteiger partial charge in [0.1, 0.15) is 5.69 Å². The standard InChI is InChI=1S/C23H29N5/c1-17-15-18(2)26-19(3)21(17)16-27-11-13-28(14-12-27)23-22(24-9-10-25-23)20-7-5-4-6-8-20/h4-10,18H,11-16H2,1-3H3. The third kappa shape index (κ3) is 3.99. The largest absolute Gasteiger partial charge is 0.352 e. The number of dihydropyridines is 1. The van der Waals surface area contributed by atoms with Crippen LogP contribution in [0, 0.1) is 0 Å². The van der Waals surface area contributed by atoms with Gasteiger partial charge in [-0.05, 0) is 32.8 Å². The maximum atomic E-state index is 4.79. The number of benzene rings is 1. The summed E-state index contributed by atoms with van der Waals surface area (Å²) in [6, 6.07) is 10.8. The van der Waals surface area contributed by atoms with Crippen molar-refractivity contribution in [2.75, 3.05) is 37.6 Å². The zero-order chi connectivity index (χ0) is 19.5. The minimum absolute atomic E-state index is 0.425. The first kappa shape index (κ1) is 18.8. The van der Waals surface area contributed by atoms with Gasteiger partial charge >= 0.3 is 0 Å². The van der Waals surface area contributed by atoms with Crippen LogP contribution in [0.3, 0.4) is 0 Å². The van der Waals surface area contributed by atoms with Crippen molar-refractivity contribution in [3.63, 3.8) is 0 Å². The average molecular weight is 376 g/mol. The summed E-state index contributed by atoms with van der Waals surface area (Å²) in [5, 5.41) is 0. The van der Waals surface area contributed by atoms with Crippen molar-refractivity contribution in [1.29, 1.82) is 0 Å². The lowest BCUT2D eigenvalue weighted by Gasteiger charge is -2.37. The molecule has 2 aliphatic heterocycles. The first-order valence-corrected chi connectivity index (χ1v) is 10.2. The van der Waals surface area contributed by atoms with E-state index < -0.39 is 0 Å². The van der Waals surface area contributed by atoms with Crippen LogP contribution in [-0.2, 0) is 0 Å². The van der Waals surface area contributed by atoms with E-state index in [2.05, 4.69) is 64.8 Å². The van der Waals surface area contributed by atoms with E-state index in [1.165, 1.54) is 16.9 Å². The van der Waals surface area contributed by atoms with E-state index in [9.17, 15) is 0 Å². The van der Waals surface area contributed by atoms with Crippen LogP contribution < -0.4 is 4.90 Å². The fourth-order valence-electron chi connectivity index (χ4n) is 4.28. The Morgan fingerprint density at radius 1 is 0.964 bits per heavy atom. The highest BCUT2D eigenvalue weighted by Crippen LogP contribution is 2.27. The summed E-state index contributed by atoms with van der Waals surface area (Å²) in [7, 11) is 0. The predicted molar refractivity (Wildman–Crippen MR) is 116 cm³/mol. The summed E-state index contributed by atoms with van der Waals surface area (Å²) in [6.45, 7) is 11.6. The number of nitrogens with zero attached hydrogens (tertiary/aromatic N) is 5. The van der Waals surface area contributed by atoms with Crippen molar-refractivity contribution in [3.8, 4) is 11.3 Å². The molecule has 1 saturated heterocycles. The van der Waals surface area contributed by atoms with E-state index in [1.54, 1.807) is 12.4 Å². The molecule has 146 valence electrons. The van der Waals surface area contributed by atoms with E-state index in [0.29, 0.717) is 6.04 Å². The third-order valence-corrected chi connectivity index (χ3v) is 5.75. The van der Waals surface area contributed by atoms with Gasteiger partial charge in [0, 0.05) is 56.4 Å². The molecular weight excluding hydrogens is 346 g/mol. The second-order valence-electron chi connectivity index (χ2n) is 7.88. The molecule has 1 unspecified atom stereocenters. The van der Waals surface area contributed by atoms with Gasteiger partial charge in [0.15, 0.2) is 5.82 Å². The zero-order valence-electron chi connectivity index (χ0n) is 17.1. The molecule has 0 N–H and O–H groups in total. The third-order valence-electron chi connectivity index (χ3n) is 5.75. The molecule has 1 aromatic heterocycles. The molecule has 5 nitrogen and oxygen atoms in total. The van der Waals surface area contributed by atoms with Crippen LogP contribution in [0.1, 0.15) is 27.2 Å². The highest BCUT2D eigenvalue weighted by atomic mass is 15.3. The molecule has 1 fully saturated rings. The molecule has 28 heavy (non-hydrogen) atoms. The Labute approximate surface area is 167 Å². The summed E-state index contributed by atoms with van der Waals surface area (Å²) in [5.41, 5.74) is 6.26. The van der Waals surface area contributed by atoms with E-state index in [0.717, 1.165) is 56.2 Å². The molecule has 3 heterocycles. The van der Waals surface area contributed by atoms with Gasteiger partial charge in [0.05, 0.1) is 6.04 Å². The van der Waals surface area contributed by atoms with E-state index in [-0.39, 0.29) is 0 Å². The number of rotatable bonds is 4. The summed E-state index contributed by atoms with van der Waals surface area (Å²) in [4.78, 5) is 19.0. The minimum Gasteiger partial charge on any atom is -0.352 e. The molecule has 2 aliphatic rings. The van der Waals surface area contributed by atoms with Gasteiger partial charge < -0.3 is 4.90 Å². The molecule has 0 spiro atoms. The molecule has 2 aromatic rings. The maximum Gasteiger partial charge on any atom is 0.155 e. The summed E-state index contributed by atoms with van der Waals surface area (Å²) in [5.74, 6) is 0.994. The SMILES string of the molecule is CC1=NC(C)CC(C)=C1CN1CCN(c2nccnc2-c2ccccc2)CC1. The van der Waals surface area contributed by atoms with Crippen LogP contribution in [0.2, 0.25) is 0 Å². The van der Waals surface area contributed by atoms with Crippen molar-refractivity contribution in [2.24, 2.45) is 4.99 Å². The predicted octanol–water partition coefficient (Wildman–Crippen LogP) is 3.84. The molecule has 0 aliphatic carbocycles. The van der Waals surface area contributed by atoms with E-state index in [1.807, 2.05) is 6.07 Å². The van der Waals surface area contributed by atoms with E-state index in [4.69, 9.17) is 4.99 Å². The molecule has 0 bridgehead atoms. The lowest BCUT2D eigenvalue weighted by atomic mass is 9.95. The Kier molecular flexibility index (Phi) is 5.53. The van der Waals surface area contributed by atoms with Gasteiger partial charge in [-0.25, -0.2) is 4.98 Å². The Balaban J connectivity index is 1.45. The molecule has 5 heteroatoms. The lowest BCUT2D eigenvalue weighted by Crippen LogP contribution is -2.48. The fraction of sp³-hybridized carbons (Fsp3) is 0.435. The smallest absolute Gasteiger partial charge is 0.155 e. The molecule has 0 amide bonds. The number of aromatic nitrogens is 2. The molecular formula is C23H29N5. The molecule has 1 atom stereocenters. The Hall–Kier alpha value is -2.53. The van der Waals surface area contributed by atoms with Crippen LogP contribution in [0.15, 0.2) is 58.9 Å². The molecule has 1 aromatic carbocycles. The first-order valence-electron chi connectivity index (χ1n) is 10.2. The van der Waals surface area contributed by atoms with Crippen LogP contribution in [0.5, 0.6) is 0 Å². The maximum absolute atomic E-state index is 4.79. The number of aliphatic imine (C=N–C) groups is 1. The first-order chi connectivity index (χ1) is 13.6. The van der Waals surface area contributed by atoms with Gasteiger partial charge in [-0.15, -0.1) is 0 Å². The zero-order valence-corrected chi connectivity index (χ0v) is 17.1. The monoisotopic (exact) mass is 375 g/mol. The molecule has 0 saturated carbocycles. The van der Waals surface area contributed by atoms with Gasteiger partial charge in [0.2, 0.25) is 0 Å². The van der Waals surface area contributed by atoms with Crippen LogP contribution >= 0.6 is 0 Å². The van der Waals surface area contributed by atoms with Gasteiger partial charge in [0.25, 0.3) is 0 Å². The second kappa shape index (κ2) is 8.23. The van der Waals surface area contributed by atoms with Gasteiger partial charge in [-0.2, -0.15) is 0 Å².